The van der Waals surface area contributed by atoms with Crippen molar-refractivity contribution in [1.29, 1.82) is 0 Å². The standard InChI is InChI=1S/C24H26ClN3O7S2/c1-16-5-6-17(25)13-22(16)28(36(4,30)31)15-24(29)26-18-7-10-20(11-8-18)37(32,33)27-21-14-19(34-2)9-12-23(21)35-3/h5-14,27H,15H2,1-4H3,(H,26,29). The second-order valence-electron chi connectivity index (χ2n) is 7.94. The fourth-order valence-corrected chi connectivity index (χ4v) is 5.51. The van der Waals surface area contributed by atoms with E-state index in [4.69, 9.17) is 21.1 Å². The molecule has 0 unspecified atom stereocenters. The van der Waals surface area contributed by atoms with Gasteiger partial charge in [-0.1, -0.05) is 17.7 Å². The lowest BCUT2D eigenvalue weighted by molar-refractivity contribution is -0.114. The summed E-state index contributed by atoms with van der Waals surface area (Å²) in [5.74, 6) is 0.117. The number of nitrogens with one attached hydrogen (secondary N) is 2. The Labute approximate surface area is 221 Å². The number of ether oxygens (including phenoxy) is 2. The molecule has 198 valence electrons. The number of hydrogen-bond donors (Lipinski definition) is 2. The predicted molar refractivity (Wildman–Crippen MR) is 144 cm³/mol. The molecule has 0 heterocycles. The molecule has 3 aromatic carbocycles. The Morgan fingerprint density at radius 2 is 1.62 bits per heavy atom. The molecule has 0 radical (unpaired) electrons. The molecular weight excluding hydrogens is 542 g/mol. The van der Waals surface area contributed by atoms with Gasteiger partial charge in [-0.3, -0.25) is 13.8 Å². The number of rotatable bonds is 10. The van der Waals surface area contributed by atoms with Crippen LogP contribution in [0.3, 0.4) is 0 Å². The van der Waals surface area contributed by atoms with Crippen LogP contribution in [0.25, 0.3) is 0 Å². The molecule has 0 saturated heterocycles. The predicted octanol–water partition coefficient (Wildman–Crippen LogP) is 3.87. The molecule has 2 N–H and O–H groups in total. The van der Waals surface area contributed by atoms with Gasteiger partial charge >= 0.3 is 0 Å². The summed E-state index contributed by atoms with van der Waals surface area (Å²) in [6.07, 6.45) is 0.991. The van der Waals surface area contributed by atoms with E-state index in [1.807, 2.05) is 0 Å². The Bertz CT molecular complexity index is 1510. The number of hydrogen-bond acceptors (Lipinski definition) is 7. The molecule has 0 aliphatic rings. The zero-order chi connectivity index (χ0) is 27.4. The molecule has 0 aromatic heterocycles. The number of nitrogens with zero attached hydrogens (tertiary/aromatic N) is 1. The first-order valence-corrected chi connectivity index (χ1v) is 14.4. The average Bonchev–Trinajstić information content (AvgIpc) is 2.83. The average molecular weight is 568 g/mol. The minimum Gasteiger partial charge on any atom is -0.497 e. The van der Waals surface area contributed by atoms with Gasteiger partial charge in [0.05, 0.1) is 36.7 Å². The number of benzene rings is 3. The SMILES string of the molecule is COc1ccc(OC)c(NS(=O)(=O)c2ccc(NC(=O)CN(c3cc(Cl)ccc3C)S(C)(=O)=O)cc2)c1. The maximum absolute atomic E-state index is 12.9. The van der Waals surface area contributed by atoms with E-state index in [-0.39, 0.29) is 22.0 Å². The van der Waals surface area contributed by atoms with Crippen molar-refractivity contribution in [3.63, 3.8) is 0 Å². The van der Waals surface area contributed by atoms with E-state index in [1.54, 1.807) is 31.2 Å². The highest BCUT2D eigenvalue weighted by atomic mass is 35.5. The van der Waals surface area contributed by atoms with Crippen molar-refractivity contribution in [3.05, 3.63) is 71.2 Å². The van der Waals surface area contributed by atoms with Crippen LogP contribution in [0.15, 0.2) is 65.6 Å². The highest BCUT2D eigenvalue weighted by molar-refractivity contribution is 7.92. The van der Waals surface area contributed by atoms with Gasteiger partial charge in [0.1, 0.15) is 18.0 Å². The van der Waals surface area contributed by atoms with E-state index < -0.39 is 32.5 Å². The maximum Gasteiger partial charge on any atom is 0.262 e. The van der Waals surface area contributed by atoms with Gasteiger partial charge in [0.2, 0.25) is 15.9 Å². The summed E-state index contributed by atoms with van der Waals surface area (Å²) in [4.78, 5) is 12.6. The molecule has 0 aliphatic carbocycles. The molecule has 37 heavy (non-hydrogen) atoms. The number of carbonyl (C=O) groups is 1. The first-order valence-electron chi connectivity index (χ1n) is 10.7. The summed E-state index contributed by atoms with van der Waals surface area (Å²) in [7, 11) is -4.93. The zero-order valence-corrected chi connectivity index (χ0v) is 22.9. The number of methoxy groups -OCH3 is 2. The van der Waals surface area contributed by atoms with Crippen LogP contribution in [-0.2, 0) is 24.8 Å². The molecule has 3 aromatic rings. The van der Waals surface area contributed by atoms with E-state index >= 15 is 0 Å². The molecule has 13 heteroatoms. The van der Waals surface area contributed by atoms with Crippen molar-refractivity contribution >= 4 is 54.6 Å². The van der Waals surface area contributed by atoms with Gasteiger partial charge in [-0.25, -0.2) is 16.8 Å². The topological polar surface area (TPSA) is 131 Å². The van der Waals surface area contributed by atoms with Gasteiger partial charge in [0.15, 0.2) is 0 Å². The normalized spacial score (nSPS) is 11.5. The fraction of sp³-hybridized carbons (Fsp3) is 0.208. The Morgan fingerprint density at radius 3 is 2.22 bits per heavy atom. The first kappa shape index (κ1) is 28.1. The van der Waals surface area contributed by atoms with Crippen LogP contribution in [-0.4, -0.2) is 49.8 Å². The lowest BCUT2D eigenvalue weighted by Gasteiger charge is -2.24. The Balaban J connectivity index is 1.76. The van der Waals surface area contributed by atoms with Crippen molar-refractivity contribution in [3.8, 4) is 11.5 Å². The molecule has 0 aliphatic heterocycles. The van der Waals surface area contributed by atoms with E-state index in [1.165, 1.54) is 50.6 Å². The van der Waals surface area contributed by atoms with Crippen LogP contribution in [0, 0.1) is 6.92 Å². The van der Waals surface area contributed by atoms with E-state index in [9.17, 15) is 21.6 Å². The lowest BCUT2D eigenvalue weighted by atomic mass is 10.2. The summed E-state index contributed by atoms with van der Waals surface area (Å²) < 4.78 is 64.3. The molecule has 0 atom stereocenters. The Kier molecular flexibility index (Phi) is 8.57. The first-order chi connectivity index (χ1) is 17.3. The number of halogens is 1. The zero-order valence-electron chi connectivity index (χ0n) is 20.5. The number of anilines is 3. The number of carbonyl (C=O) groups excluding carboxylic acids is 1. The third kappa shape index (κ3) is 7.06. The van der Waals surface area contributed by atoms with Gasteiger partial charge in [-0.2, -0.15) is 0 Å². The number of amides is 1. The van der Waals surface area contributed by atoms with Crippen LogP contribution >= 0.6 is 11.6 Å². The van der Waals surface area contributed by atoms with Crippen molar-refractivity contribution in [2.45, 2.75) is 11.8 Å². The van der Waals surface area contributed by atoms with Crippen LogP contribution in [0.2, 0.25) is 5.02 Å². The van der Waals surface area contributed by atoms with E-state index in [0.717, 1.165) is 10.6 Å². The molecule has 0 fully saturated rings. The highest BCUT2D eigenvalue weighted by Gasteiger charge is 2.23. The largest absolute Gasteiger partial charge is 0.497 e. The molecule has 0 bridgehead atoms. The van der Waals surface area contributed by atoms with E-state index in [0.29, 0.717) is 22.1 Å². The second-order valence-corrected chi connectivity index (χ2v) is 12.0. The fourth-order valence-electron chi connectivity index (χ4n) is 3.38. The summed E-state index contributed by atoms with van der Waals surface area (Å²) in [6, 6.07) is 14.8. The van der Waals surface area contributed by atoms with Crippen LogP contribution in [0.1, 0.15) is 5.56 Å². The van der Waals surface area contributed by atoms with E-state index in [2.05, 4.69) is 10.0 Å². The summed E-state index contributed by atoms with van der Waals surface area (Å²) in [5, 5.41) is 2.91. The second kappa shape index (κ2) is 11.3. The molecule has 0 saturated carbocycles. The van der Waals surface area contributed by atoms with Crippen LogP contribution in [0.5, 0.6) is 11.5 Å². The Morgan fingerprint density at radius 1 is 0.946 bits per heavy atom. The molecule has 0 spiro atoms. The maximum atomic E-state index is 12.9. The highest BCUT2D eigenvalue weighted by Crippen LogP contribution is 2.31. The van der Waals surface area contributed by atoms with Gasteiger partial charge in [-0.05, 0) is 61.0 Å². The van der Waals surface area contributed by atoms with Crippen molar-refractivity contribution in [1.82, 2.24) is 0 Å². The monoisotopic (exact) mass is 567 g/mol. The molecule has 10 nitrogen and oxygen atoms in total. The minimum atomic E-state index is -4.00. The van der Waals surface area contributed by atoms with Crippen molar-refractivity contribution in [2.24, 2.45) is 0 Å². The van der Waals surface area contributed by atoms with Gasteiger partial charge in [0.25, 0.3) is 10.0 Å². The van der Waals surface area contributed by atoms with Crippen LogP contribution < -0.4 is 23.8 Å². The Hall–Kier alpha value is -3.48. The molecule has 3 rings (SSSR count). The summed E-state index contributed by atoms with van der Waals surface area (Å²) >= 11 is 6.02. The third-order valence-corrected chi connectivity index (χ3v) is 7.97. The quantitative estimate of drug-likeness (QED) is 0.380. The molecule has 1 amide bonds. The van der Waals surface area contributed by atoms with Crippen LogP contribution in [0.4, 0.5) is 17.1 Å². The minimum absolute atomic E-state index is 0.0670. The van der Waals surface area contributed by atoms with Gasteiger partial charge in [-0.15, -0.1) is 0 Å². The smallest absolute Gasteiger partial charge is 0.262 e. The third-order valence-electron chi connectivity index (χ3n) is 5.23. The summed E-state index contributed by atoms with van der Waals surface area (Å²) in [6.45, 7) is 1.20. The number of aryl methyl sites for hydroxylation is 1. The lowest BCUT2D eigenvalue weighted by Crippen LogP contribution is -2.37. The molecular formula is C24H26ClN3O7S2. The van der Waals surface area contributed by atoms with Gasteiger partial charge in [0, 0.05) is 16.8 Å². The van der Waals surface area contributed by atoms with Crippen molar-refractivity contribution < 1.29 is 31.1 Å². The number of sulfonamides is 2. The summed E-state index contributed by atoms with van der Waals surface area (Å²) in [5.41, 5.74) is 1.37. The van der Waals surface area contributed by atoms with Gasteiger partial charge < -0.3 is 14.8 Å². The van der Waals surface area contributed by atoms with Crippen molar-refractivity contribution in [2.75, 3.05) is 41.4 Å².